The molecule has 0 aromatic carbocycles. The first kappa shape index (κ1) is 4.69. The maximum Gasteiger partial charge on any atom is 0.195 e. The van der Waals surface area contributed by atoms with E-state index in [9.17, 15) is 0 Å². The molecule has 1 aliphatic rings. The lowest BCUT2D eigenvalue weighted by Crippen LogP contribution is -1.96. The molecule has 0 aromatic heterocycles. The van der Waals surface area contributed by atoms with Gasteiger partial charge in [-0.15, -0.1) is 0 Å². The van der Waals surface area contributed by atoms with Crippen molar-refractivity contribution in [3.8, 4) is 0 Å². The molecular weight excluding hydrogens is 88.1 g/mol. The van der Waals surface area contributed by atoms with Crippen LogP contribution in [-0.4, -0.2) is 0 Å². The standard InChI is InChI=1S/C6H8O/c1-6-2-4-7-5-3-6/h2,4,6H,3H2,1H3. The van der Waals surface area contributed by atoms with Gasteiger partial charge in [-0.3, -0.25) is 0 Å². The predicted molar refractivity (Wildman–Crippen MR) is 27.2 cm³/mol. The van der Waals surface area contributed by atoms with Crippen molar-refractivity contribution in [2.45, 2.75) is 13.3 Å². The van der Waals surface area contributed by atoms with Crippen LogP contribution in [0.5, 0.6) is 0 Å². The molecule has 0 bridgehead atoms. The third-order valence-corrected chi connectivity index (χ3v) is 0.964. The molecule has 0 fully saturated rings. The van der Waals surface area contributed by atoms with E-state index < -0.39 is 0 Å². The van der Waals surface area contributed by atoms with Crippen molar-refractivity contribution in [3.05, 3.63) is 18.9 Å². The Hall–Kier alpha value is -0.460. The van der Waals surface area contributed by atoms with Gasteiger partial charge in [0.2, 0.25) is 0 Å². The lowest BCUT2D eigenvalue weighted by atomic mass is 10.1. The van der Waals surface area contributed by atoms with Crippen molar-refractivity contribution in [1.82, 2.24) is 0 Å². The quantitative estimate of drug-likeness (QED) is 0.445. The number of ether oxygens (including phenoxy) is 1. The first-order chi connectivity index (χ1) is 3.39. The summed E-state index contributed by atoms with van der Waals surface area (Å²) in [6, 6.07) is 0. The largest absolute Gasteiger partial charge is 0.486 e. The third-order valence-electron chi connectivity index (χ3n) is 0.964. The van der Waals surface area contributed by atoms with Gasteiger partial charge in [-0.05, 0) is 12.0 Å². The Morgan fingerprint density at radius 2 is 2.71 bits per heavy atom. The summed E-state index contributed by atoms with van der Waals surface area (Å²) >= 11 is 0. The second-order valence-corrected chi connectivity index (χ2v) is 1.77. The average Bonchev–Trinajstić information content (AvgIpc) is 1.69. The van der Waals surface area contributed by atoms with Gasteiger partial charge in [0.1, 0.15) is 0 Å². The predicted octanol–water partition coefficient (Wildman–Crippen LogP) is 1.60. The molecule has 7 heavy (non-hydrogen) atoms. The van der Waals surface area contributed by atoms with Gasteiger partial charge in [-0.2, -0.15) is 0 Å². The van der Waals surface area contributed by atoms with Crippen LogP contribution in [0.3, 0.4) is 0 Å². The monoisotopic (exact) mass is 96.1 g/mol. The minimum absolute atomic E-state index is 0.619. The first-order valence-electron chi connectivity index (χ1n) is 2.45. The number of rotatable bonds is 0. The number of allylic oxidation sites excluding steroid dienone is 1. The Morgan fingerprint density at radius 1 is 1.86 bits per heavy atom. The summed E-state index contributed by atoms with van der Waals surface area (Å²) in [6.07, 6.45) is 4.63. The van der Waals surface area contributed by atoms with Crippen molar-refractivity contribution in [2.75, 3.05) is 0 Å². The lowest BCUT2D eigenvalue weighted by Gasteiger charge is -2.08. The fraction of sp³-hybridized carbons (Fsp3) is 0.500. The van der Waals surface area contributed by atoms with Gasteiger partial charge < -0.3 is 4.74 Å². The molecule has 38 valence electrons. The van der Waals surface area contributed by atoms with Gasteiger partial charge in [0.05, 0.1) is 6.26 Å². The summed E-state index contributed by atoms with van der Waals surface area (Å²) in [5, 5.41) is 0. The van der Waals surface area contributed by atoms with Crippen molar-refractivity contribution in [3.63, 3.8) is 0 Å². The smallest absolute Gasteiger partial charge is 0.195 e. The van der Waals surface area contributed by atoms with Crippen LogP contribution in [0.4, 0.5) is 0 Å². The third kappa shape index (κ3) is 1.22. The topological polar surface area (TPSA) is 9.23 Å². The maximum atomic E-state index is 4.71. The molecule has 0 aromatic rings. The zero-order valence-electron chi connectivity index (χ0n) is 4.35. The Bertz CT molecular complexity index is 76.2. The highest BCUT2D eigenvalue weighted by molar-refractivity contribution is 4.87. The van der Waals surface area contributed by atoms with E-state index >= 15 is 0 Å². The summed E-state index contributed by atoms with van der Waals surface area (Å²) in [5.41, 5.74) is 0. The molecule has 1 aliphatic heterocycles. The van der Waals surface area contributed by atoms with E-state index in [0.717, 1.165) is 6.42 Å². The van der Waals surface area contributed by atoms with Gasteiger partial charge >= 0.3 is 0 Å². The van der Waals surface area contributed by atoms with E-state index in [1.54, 1.807) is 6.26 Å². The van der Waals surface area contributed by atoms with Crippen LogP contribution >= 0.6 is 0 Å². The molecule has 1 heterocycles. The molecule has 1 nitrogen and oxygen atoms in total. The van der Waals surface area contributed by atoms with E-state index in [0.29, 0.717) is 5.92 Å². The van der Waals surface area contributed by atoms with Crippen molar-refractivity contribution < 1.29 is 4.74 Å². The summed E-state index contributed by atoms with van der Waals surface area (Å²) in [4.78, 5) is 0. The summed E-state index contributed by atoms with van der Waals surface area (Å²) in [7, 11) is 0. The zero-order chi connectivity index (χ0) is 5.11. The SMILES string of the molecule is CC1C=CO[C]C1. The van der Waals surface area contributed by atoms with E-state index in [1.807, 2.05) is 6.08 Å². The van der Waals surface area contributed by atoms with E-state index in [1.165, 1.54) is 0 Å². The molecule has 1 rings (SSSR count). The molecule has 0 spiro atoms. The second kappa shape index (κ2) is 2.01. The van der Waals surface area contributed by atoms with Crippen LogP contribution in [0.25, 0.3) is 0 Å². The number of hydrogen-bond donors (Lipinski definition) is 0. The molecule has 0 aliphatic carbocycles. The van der Waals surface area contributed by atoms with Gasteiger partial charge in [0.15, 0.2) is 6.61 Å². The Labute approximate surface area is 44.0 Å². The minimum atomic E-state index is 0.619. The van der Waals surface area contributed by atoms with Gasteiger partial charge in [-0.25, -0.2) is 0 Å². The van der Waals surface area contributed by atoms with Crippen LogP contribution in [0.2, 0.25) is 0 Å². The summed E-state index contributed by atoms with van der Waals surface area (Å²) in [5.74, 6) is 0.619. The molecule has 0 saturated carbocycles. The van der Waals surface area contributed by atoms with Gasteiger partial charge in [-0.1, -0.05) is 6.92 Å². The van der Waals surface area contributed by atoms with E-state index in [-0.39, 0.29) is 0 Å². The Morgan fingerprint density at radius 3 is 3.00 bits per heavy atom. The normalized spacial score (nSPS) is 29.6. The first-order valence-corrected chi connectivity index (χ1v) is 2.45. The van der Waals surface area contributed by atoms with Crippen LogP contribution in [0, 0.1) is 12.5 Å². The van der Waals surface area contributed by atoms with Crippen LogP contribution in [0.15, 0.2) is 12.3 Å². The highest BCUT2D eigenvalue weighted by Crippen LogP contribution is 2.11. The molecule has 1 heteroatoms. The summed E-state index contributed by atoms with van der Waals surface area (Å²) in [6.45, 7) is 4.88. The zero-order valence-corrected chi connectivity index (χ0v) is 4.35. The fourth-order valence-corrected chi connectivity index (χ4v) is 0.469. The molecule has 1 unspecified atom stereocenters. The second-order valence-electron chi connectivity index (χ2n) is 1.77. The van der Waals surface area contributed by atoms with E-state index in [2.05, 4.69) is 13.5 Å². The van der Waals surface area contributed by atoms with E-state index in [4.69, 9.17) is 4.74 Å². The number of hydrogen-bond acceptors (Lipinski definition) is 1. The molecule has 0 N–H and O–H groups in total. The Kier molecular flexibility index (Phi) is 1.35. The molecule has 1 atom stereocenters. The highest BCUT2D eigenvalue weighted by Gasteiger charge is 2.01. The van der Waals surface area contributed by atoms with Crippen molar-refractivity contribution >= 4 is 0 Å². The van der Waals surface area contributed by atoms with Crippen LogP contribution in [0.1, 0.15) is 13.3 Å². The minimum Gasteiger partial charge on any atom is -0.486 e. The Balaban J connectivity index is 2.36. The van der Waals surface area contributed by atoms with Gasteiger partial charge in [0.25, 0.3) is 0 Å². The average molecular weight is 96.1 g/mol. The van der Waals surface area contributed by atoms with Crippen LogP contribution < -0.4 is 0 Å². The molecule has 2 radical (unpaired) electrons. The van der Waals surface area contributed by atoms with Crippen molar-refractivity contribution in [1.29, 1.82) is 0 Å². The maximum absolute atomic E-state index is 4.71. The molecule has 0 amide bonds. The summed E-state index contributed by atoms with van der Waals surface area (Å²) < 4.78 is 4.71. The van der Waals surface area contributed by atoms with Crippen LogP contribution in [-0.2, 0) is 4.74 Å². The highest BCUT2D eigenvalue weighted by atomic mass is 16.5. The fourth-order valence-electron chi connectivity index (χ4n) is 0.469. The molecule has 0 saturated heterocycles. The van der Waals surface area contributed by atoms with Gasteiger partial charge in [0, 0.05) is 6.42 Å². The molecular formula is C6H8O. The van der Waals surface area contributed by atoms with Crippen molar-refractivity contribution in [2.24, 2.45) is 5.92 Å². The lowest BCUT2D eigenvalue weighted by molar-refractivity contribution is 0.286.